The summed E-state index contributed by atoms with van der Waals surface area (Å²) in [5, 5.41) is 5.57. The minimum atomic E-state index is -0.521. The molecule has 0 saturated carbocycles. The van der Waals surface area contributed by atoms with Gasteiger partial charge in [-0.2, -0.15) is 0 Å². The van der Waals surface area contributed by atoms with Gasteiger partial charge in [-0.15, -0.1) is 0 Å². The van der Waals surface area contributed by atoms with Crippen LogP contribution in [0.3, 0.4) is 0 Å². The highest BCUT2D eigenvalue weighted by atomic mass is 19.1. The van der Waals surface area contributed by atoms with Crippen LogP contribution >= 0.6 is 0 Å². The lowest BCUT2D eigenvalue weighted by molar-refractivity contribution is 0.102. The molecule has 6 nitrogen and oxygen atoms in total. The predicted molar refractivity (Wildman–Crippen MR) is 97.3 cm³/mol. The maximum Gasteiger partial charge on any atom is 0.274 e. The van der Waals surface area contributed by atoms with Gasteiger partial charge < -0.3 is 15.4 Å². The number of amides is 1. The van der Waals surface area contributed by atoms with Crippen LogP contribution in [0.4, 0.5) is 21.6 Å². The number of aromatic nitrogens is 2. The van der Waals surface area contributed by atoms with Gasteiger partial charge in [0.05, 0.1) is 12.3 Å². The fraction of sp³-hybridized carbons (Fsp3) is 0.105. The number of anilines is 3. The summed E-state index contributed by atoms with van der Waals surface area (Å²) >= 11 is 0. The van der Waals surface area contributed by atoms with Crippen molar-refractivity contribution in [3.8, 4) is 5.75 Å². The maximum absolute atomic E-state index is 13.6. The van der Waals surface area contributed by atoms with Crippen molar-refractivity contribution in [1.82, 2.24) is 9.97 Å². The van der Waals surface area contributed by atoms with Crippen molar-refractivity contribution in [3.05, 3.63) is 72.4 Å². The van der Waals surface area contributed by atoms with E-state index in [4.69, 9.17) is 4.74 Å². The highest BCUT2D eigenvalue weighted by Crippen LogP contribution is 2.19. The molecular formula is C19H17FN4O2. The summed E-state index contributed by atoms with van der Waals surface area (Å²) in [6.07, 6.45) is 1.27. The fourth-order valence-electron chi connectivity index (χ4n) is 2.25. The van der Waals surface area contributed by atoms with E-state index in [-0.39, 0.29) is 11.4 Å². The lowest BCUT2D eigenvalue weighted by Gasteiger charge is -2.09. The van der Waals surface area contributed by atoms with Crippen molar-refractivity contribution in [3.63, 3.8) is 0 Å². The zero-order valence-corrected chi connectivity index (χ0v) is 14.1. The van der Waals surface area contributed by atoms with Gasteiger partial charge in [-0.1, -0.05) is 12.1 Å². The zero-order chi connectivity index (χ0) is 18.4. The molecule has 1 aromatic heterocycles. The quantitative estimate of drug-likeness (QED) is 0.701. The van der Waals surface area contributed by atoms with E-state index in [0.717, 1.165) is 11.4 Å². The summed E-state index contributed by atoms with van der Waals surface area (Å²) in [6, 6.07) is 14.8. The van der Waals surface area contributed by atoms with Gasteiger partial charge in [0, 0.05) is 11.8 Å². The highest BCUT2D eigenvalue weighted by Gasteiger charge is 2.11. The number of carbonyl (C=O) groups excluding carboxylic acids is 1. The van der Waals surface area contributed by atoms with Gasteiger partial charge in [0.2, 0.25) is 0 Å². The molecule has 26 heavy (non-hydrogen) atoms. The van der Waals surface area contributed by atoms with Crippen molar-refractivity contribution in [2.24, 2.45) is 0 Å². The van der Waals surface area contributed by atoms with Gasteiger partial charge >= 0.3 is 0 Å². The second-order valence-electron chi connectivity index (χ2n) is 5.30. The van der Waals surface area contributed by atoms with Crippen LogP contribution < -0.4 is 15.4 Å². The molecule has 3 rings (SSSR count). The normalized spacial score (nSPS) is 10.2. The average Bonchev–Trinajstić information content (AvgIpc) is 2.66. The molecule has 1 heterocycles. The van der Waals surface area contributed by atoms with Crippen LogP contribution in [0.5, 0.6) is 5.75 Å². The Balaban J connectivity index is 1.71. The first-order chi connectivity index (χ1) is 12.7. The Morgan fingerprint density at radius 3 is 2.62 bits per heavy atom. The van der Waals surface area contributed by atoms with Gasteiger partial charge in [-0.3, -0.25) is 4.79 Å². The first kappa shape index (κ1) is 17.3. The van der Waals surface area contributed by atoms with Crippen LogP contribution in [-0.2, 0) is 0 Å². The molecular weight excluding hydrogens is 335 g/mol. The third-order valence-electron chi connectivity index (χ3n) is 3.46. The molecule has 2 N–H and O–H groups in total. The molecule has 0 bridgehead atoms. The second-order valence-corrected chi connectivity index (χ2v) is 5.30. The Kier molecular flexibility index (Phi) is 5.38. The van der Waals surface area contributed by atoms with E-state index >= 15 is 0 Å². The van der Waals surface area contributed by atoms with Crippen molar-refractivity contribution in [2.45, 2.75) is 6.92 Å². The lowest BCUT2D eigenvalue weighted by atomic mass is 10.2. The summed E-state index contributed by atoms with van der Waals surface area (Å²) in [5.41, 5.74) is 1.00. The number of rotatable bonds is 6. The van der Waals surface area contributed by atoms with Crippen LogP contribution in [-0.4, -0.2) is 22.5 Å². The molecule has 0 aliphatic heterocycles. The largest absolute Gasteiger partial charge is 0.494 e. The SMILES string of the molecule is CCOc1ccc(Nc2cc(C(=O)Nc3ccccc3F)ncn2)cc1. The zero-order valence-electron chi connectivity index (χ0n) is 14.1. The van der Waals surface area contributed by atoms with Gasteiger partial charge in [0.15, 0.2) is 0 Å². The van der Waals surface area contributed by atoms with Gasteiger partial charge in [-0.05, 0) is 43.3 Å². The predicted octanol–water partition coefficient (Wildman–Crippen LogP) is 4.01. The molecule has 0 atom stereocenters. The molecule has 7 heteroatoms. The van der Waals surface area contributed by atoms with E-state index in [2.05, 4.69) is 20.6 Å². The molecule has 3 aromatic rings. The average molecular weight is 352 g/mol. The van der Waals surface area contributed by atoms with E-state index in [1.165, 1.54) is 24.5 Å². The minimum absolute atomic E-state index is 0.0946. The van der Waals surface area contributed by atoms with Crippen LogP contribution in [0.25, 0.3) is 0 Å². The summed E-state index contributed by atoms with van der Waals surface area (Å²) in [5.74, 6) is 0.184. The fourth-order valence-corrected chi connectivity index (χ4v) is 2.25. The Labute approximate surface area is 150 Å². The van der Waals surface area contributed by atoms with Crippen LogP contribution in [0.2, 0.25) is 0 Å². The number of para-hydroxylation sites is 1. The minimum Gasteiger partial charge on any atom is -0.494 e. The number of nitrogens with one attached hydrogen (secondary N) is 2. The number of hydrogen-bond donors (Lipinski definition) is 2. The molecule has 132 valence electrons. The summed E-state index contributed by atoms with van der Waals surface area (Å²) in [4.78, 5) is 20.3. The molecule has 0 radical (unpaired) electrons. The third-order valence-corrected chi connectivity index (χ3v) is 3.46. The first-order valence-electron chi connectivity index (χ1n) is 8.03. The first-order valence-corrected chi connectivity index (χ1v) is 8.03. The van der Waals surface area contributed by atoms with E-state index in [9.17, 15) is 9.18 Å². The molecule has 0 aliphatic carbocycles. The standard InChI is InChI=1S/C19H17FN4O2/c1-2-26-14-9-7-13(8-10-14)23-18-11-17(21-12-22-18)19(25)24-16-6-4-3-5-15(16)20/h3-12H,2H2,1H3,(H,24,25)(H,21,22,23). The van der Waals surface area contributed by atoms with E-state index < -0.39 is 11.7 Å². The van der Waals surface area contributed by atoms with Crippen molar-refractivity contribution in [2.75, 3.05) is 17.2 Å². The summed E-state index contributed by atoms with van der Waals surface area (Å²) in [7, 11) is 0. The van der Waals surface area contributed by atoms with Crippen molar-refractivity contribution < 1.29 is 13.9 Å². The Morgan fingerprint density at radius 2 is 1.88 bits per heavy atom. The van der Waals surface area contributed by atoms with Crippen molar-refractivity contribution in [1.29, 1.82) is 0 Å². The topological polar surface area (TPSA) is 76.1 Å². The van der Waals surface area contributed by atoms with E-state index in [0.29, 0.717) is 12.4 Å². The molecule has 2 aromatic carbocycles. The molecule has 1 amide bonds. The van der Waals surface area contributed by atoms with Gasteiger partial charge in [0.25, 0.3) is 5.91 Å². The number of nitrogens with zero attached hydrogens (tertiary/aromatic N) is 2. The Bertz CT molecular complexity index is 900. The third kappa shape index (κ3) is 4.32. The number of hydrogen-bond acceptors (Lipinski definition) is 5. The van der Waals surface area contributed by atoms with Crippen LogP contribution in [0, 0.1) is 5.82 Å². The van der Waals surface area contributed by atoms with Crippen LogP contribution in [0.15, 0.2) is 60.9 Å². The van der Waals surface area contributed by atoms with Crippen molar-refractivity contribution >= 4 is 23.1 Å². The number of ether oxygens (including phenoxy) is 1. The Morgan fingerprint density at radius 1 is 1.12 bits per heavy atom. The van der Waals surface area contributed by atoms with Gasteiger partial charge in [0.1, 0.15) is 29.4 Å². The second kappa shape index (κ2) is 8.06. The smallest absolute Gasteiger partial charge is 0.274 e. The lowest BCUT2D eigenvalue weighted by Crippen LogP contribution is -2.15. The van der Waals surface area contributed by atoms with Crippen LogP contribution in [0.1, 0.15) is 17.4 Å². The Hall–Kier alpha value is -3.48. The molecule has 0 unspecified atom stereocenters. The van der Waals surface area contributed by atoms with E-state index in [1.807, 2.05) is 31.2 Å². The van der Waals surface area contributed by atoms with E-state index in [1.54, 1.807) is 12.1 Å². The molecule has 0 fully saturated rings. The molecule has 0 saturated heterocycles. The molecule has 0 aliphatic rings. The van der Waals surface area contributed by atoms with Gasteiger partial charge in [-0.25, -0.2) is 14.4 Å². The summed E-state index contributed by atoms with van der Waals surface area (Å²) < 4.78 is 19.0. The number of benzene rings is 2. The number of halogens is 1. The monoisotopic (exact) mass is 352 g/mol. The highest BCUT2D eigenvalue weighted by molar-refractivity contribution is 6.03. The maximum atomic E-state index is 13.6. The number of carbonyl (C=O) groups is 1. The molecule has 0 spiro atoms. The summed E-state index contributed by atoms with van der Waals surface area (Å²) in [6.45, 7) is 2.51.